The van der Waals surface area contributed by atoms with E-state index in [0.29, 0.717) is 5.56 Å². The molecular formula is C13H11O5S2. The van der Waals surface area contributed by atoms with E-state index in [9.17, 15) is 16.8 Å². The molecule has 0 aliphatic rings. The van der Waals surface area contributed by atoms with Crippen LogP contribution < -0.4 is 0 Å². The Balaban J connectivity index is 2.79. The van der Waals surface area contributed by atoms with Crippen molar-refractivity contribution in [3.05, 3.63) is 54.1 Å². The zero-order chi connectivity index (χ0) is 15.0. The molecule has 1 N–H and O–H groups in total. The smallest absolute Gasteiger partial charge is 0.282 e. The van der Waals surface area contributed by atoms with E-state index >= 15 is 0 Å². The molecule has 0 heterocycles. The Morgan fingerprint density at radius 1 is 0.950 bits per heavy atom. The van der Waals surface area contributed by atoms with Crippen LogP contribution in [-0.4, -0.2) is 21.4 Å². The van der Waals surface area contributed by atoms with Gasteiger partial charge in [-0.25, -0.2) is 8.42 Å². The Morgan fingerprint density at radius 2 is 1.55 bits per heavy atom. The largest absolute Gasteiger partial charge is 0.295 e. The molecule has 0 aliphatic heterocycles. The first-order valence-corrected chi connectivity index (χ1v) is 8.46. The Labute approximate surface area is 117 Å². The maximum Gasteiger partial charge on any atom is 0.295 e. The fourth-order valence-corrected chi connectivity index (χ4v) is 4.50. The molecule has 7 heteroatoms. The molecule has 0 atom stereocenters. The average Bonchev–Trinajstić information content (AvgIpc) is 2.38. The fraction of sp³-hybridized carbons (Fsp3) is 0.0769. The summed E-state index contributed by atoms with van der Waals surface area (Å²) in [5.74, 6) is 0. The lowest BCUT2D eigenvalue weighted by atomic mass is 10.2. The highest BCUT2D eigenvalue weighted by atomic mass is 32.2. The highest BCUT2D eigenvalue weighted by Gasteiger charge is 2.27. The van der Waals surface area contributed by atoms with Crippen LogP contribution in [0, 0.1) is 13.0 Å². The van der Waals surface area contributed by atoms with Crippen LogP contribution in [0.15, 0.2) is 57.2 Å². The molecule has 2 aromatic rings. The van der Waals surface area contributed by atoms with E-state index in [2.05, 4.69) is 6.07 Å². The van der Waals surface area contributed by atoms with E-state index in [4.69, 9.17) is 4.55 Å². The van der Waals surface area contributed by atoms with Crippen molar-refractivity contribution >= 4 is 20.0 Å². The van der Waals surface area contributed by atoms with Gasteiger partial charge in [0, 0.05) is 6.07 Å². The highest BCUT2D eigenvalue weighted by molar-refractivity contribution is 7.93. The van der Waals surface area contributed by atoms with E-state index in [0.717, 1.165) is 6.07 Å². The minimum atomic E-state index is -4.65. The van der Waals surface area contributed by atoms with Crippen LogP contribution in [-0.2, 0) is 20.0 Å². The lowest BCUT2D eigenvalue weighted by Gasteiger charge is -2.10. The van der Waals surface area contributed by atoms with Crippen LogP contribution in [0.1, 0.15) is 5.56 Å². The van der Waals surface area contributed by atoms with Crippen molar-refractivity contribution in [3.63, 3.8) is 0 Å². The van der Waals surface area contributed by atoms with Crippen LogP contribution in [0.4, 0.5) is 0 Å². The first-order chi connectivity index (χ1) is 9.24. The van der Waals surface area contributed by atoms with E-state index in [1.54, 1.807) is 19.1 Å². The summed E-state index contributed by atoms with van der Waals surface area (Å²) in [5, 5.41) is 0. The van der Waals surface area contributed by atoms with Crippen molar-refractivity contribution in [3.8, 4) is 0 Å². The summed E-state index contributed by atoms with van der Waals surface area (Å²) in [6, 6.07) is 12.2. The molecule has 20 heavy (non-hydrogen) atoms. The number of benzene rings is 2. The predicted octanol–water partition coefficient (Wildman–Crippen LogP) is 1.87. The molecule has 0 saturated carbocycles. The molecule has 0 aliphatic carbocycles. The van der Waals surface area contributed by atoms with Gasteiger partial charge in [0.15, 0.2) is 0 Å². The van der Waals surface area contributed by atoms with Crippen molar-refractivity contribution in [1.29, 1.82) is 0 Å². The molecule has 5 nitrogen and oxygen atoms in total. The first-order valence-electron chi connectivity index (χ1n) is 5.53. The molecule has 0 amide bonds. The van der Waals surface area contributed by atoms with Gasteiger partial charge in [-0.2, -0.15) is 8.42 Å². The van der Waals surface area contributed by atoms with Gasteiger partial charge in [-0.1, -0.05) is 30.3 Å². The lowest BCUT2D eigenvalue weighted by Crippen LogP contribution is -2.10. The number of sulfone groups is 1. The zero-order valence-corrected chi connectivity index (χ0v) is 12.1. The first kappa shape index (κ1) is 14.7. The third kappa shape index (κ3) is 2.60. The second-order valence-electron chi connectivity index (χ2n) is 4.11. The molecule has 0 saturated heterocycles. The summed E-state index contributed by atoms with van der Waals surface area (Å²) in [6.07, 6.45) is 0. The Bertz CT molecular complexity index is 852. The van der Waals surface area contributed by atoms with E-state index < -0.39 is 29.7 Å². The Morgan fingerprint density at radius 3 is 2.15 bits per heavy atom. The van der Waals surface area contributed by atoms with Gasteiger partial charge in [0.25, 0.3) is 10.1 Å². The van der Waals surface area contributed by atoms with Crippen molar-refractivity contribution in [1.82, 2.24) is 0 Å². The molecule has 0 spiro atoms. The van der Waals surface area contributed by atoms with Gasteiger partial charge in [0.05, 0.1) is 4.90 Å². The lowest BCUT2D eigenvalue weighted by molar-refractivity contribution is 0.479. The minimum Gasteiger partial charge on any atom is -0.282 e. The van der Waals surface area contributed by atoms with Gasteiger partial charge in [-0.15, -0.1) is 0 Å². The van der Waals surface area contributed by atoms with Crippen LogP contribution in [0.25, 0.3) is 0 Å². The summed E-state index contributed by atoms with van der Waals surface area (Å²) < 4.78 is 56.7. The van der Waals surface area contributed by atoms with Crippen molar-refractivity contribution in [2.24, 2.45) is 0 Å². The molecule has 0 unspecified atom stereocenters. The second kappa shape index (κ2) is 5.01. The van der Waals surface area contributed by atoms with Gasteiger partial charge in [0.2, 0.25) is 9.84 Å². The molecule has 0 aromatic heterocycles. The maximum absolute atomic E-state index is 12.5. The Hall–Kier alpha value is -1.70. The molecule has 2 aromatic carbocycles. The predicted molar refractivity (Wildman–Crippen MR) is 71.7 cm³/mol. The number of hydrogen-bond donors (Lipinski definition) is 1. The normalized spacial score (nSPS) is 12.3. The fourth-order valence-electron chi connectivity index (χ4n) is 1.79. The van der Waals surface area contributed by atoms with Crippen molar-refractivity contribution in [2.45, 2.75) is 21.6 Å². The monoisotopic (exact) mass is 311 g/mol. The molecular weight excluding hydrogens is 300 g/mol. The van der Waals surface area contributed by atoms with Gasteiger partial charge < -0.3 is 0 Å². The van der Waals surface area contributed by atoms with Crippen molar-refractivity contribution in [2.75, 3.05) is 0 Å². The zero-order valence-electron chi connectivity index (χ0n) is 10.4. The average molecular weight is 311 g/mol. The third-order valence-electron chi connectivity index (χ3n) is 2.71. The van der Waals surface area contributed by atoms with Crippen LogP contribution in [0.3, 0.4) is 0 Å². The highest BCUT2D eigenvalue weighted by Crippen LogP contribution is 2.28. The van der Waals surface area contributed by atoms with Crippen LogP contribution in [0.2, 0.25) is 0 Å². The minimum absolute atomic E-state index is 0.0210. The summed E-state index contributed by atoms with van der Waals surface area (Å²) in [6.45, 7) is 1.60. The van der Waals surface area contributed by atoms with Crippen LogP contribution >= 0.6 is 0 Å². The van der Waals surface area contributed by atoms with Gasteiger partial charge in [-0.05, 0) is 24.6 Å². The third-order valence-corrected chi connectivity index (χ3v) is 5.65. The molecule has 105 valence electrons. The second-order valence-corrected chi connectivity index (χ2v) is 7.35. The van der Waals surface area contributed by atoms with Gasteiger partial charge >= 0.3 is 0 Å². The molecule has 1 radical (unpaired) electrons. The molecule has 2 rings (SSSR count). The standard InChI is InChI=1S/C13H11O5S2/c1-10-6-2-3-7-11(10)19(14,15)12-8-4-5-9-13(12)20(16,17)18/h2-7,9H,1H3,(H,16,17,18). The van der Waals surface area contributed by atoms with Crippen molar-refractivity contribution < 1.29 is 21.4 Å². The molecule has 0 bridgehead atoms. The summed E-state index contributed by atoms with van der Waals surface area (Å²) >= 11 is 0. The molecule has 0 fully saturated rings. The SMILES string of the molecule is Cc1ccccc1S(=O)(=O)c1[c]cccc1S(=O)(=O)O. The summed E-state index contributed by atoms with van der Waals surface area (Å²) in [7, 11) is -8.73. The van der Waals surface area contributed by atoms with E-state index in [1.165, 1.54) is 24.3 Å². The number of hydrogen-bond acceptors (Lipinski definition) is 4. The van der Waals surface area contributed by atoms with E-state index in [-0.39, 0.29) is 4.90 Å². The summed E-state index contributed by atoms with van der Waals surface area (Å²) in [4.78, 5) is -1.26. The van der Waals surface area contributed by atoms with E-state index in [1.807, 2.05) is 0 Å². The Kier molecular flexibility index (Phi) is 3.68. The topological polar surface area (TPSA) is 88.5 Å². The van der Waals surface area contributed by atoms with Gasteiger partial charge in [-0.3, -0.25) is 4.55 Å². The summed E-state index contributed by atoms with van der Waals surface area (Å²) in [5.41, 5.74) is 0.478. The number of aryl methyl sites for hydroxylation is 1. The number of rotatable bonds is 3. The maximum atomic E-state index is 12.5. The quantitative estimate of drug-likeness (QED) is 0.874. The van der Waals surface area contributed by atoms with Crippen LogP contribution in [0.5, 0.6) is 0 Å². The van der Waals surface area contributed by atoms with Gasteiger partial charge in [0.1, 0.15) is 9.79 Å².